The molecule has 146 valence electrons. The van der Waals surface area contributed by atoms with Crippen molar-refractivity contribution in [2.45, 2.75) is 41.0 Å². The molecule has 0 spiro atoms. The zero-order chi connectivity index (χ0) is 19.8. The molecule has 3 atom stereocenters. The average Bonchev–Trinajstić information content (AvgIpc) is 3.27. The molecule has 1 aromatic heterocycles. The molecule has 3 nitrogen and oxygen atoms in total. The van der Waals surface area contributed by atoms with Gasteiger partial charge < -0.3 is 4.90 Å². The topological polar surface area (TPSA) is 28.5 Å². The lowest BCUT2D eigenvalue weighted by Crippen LogP contribution is -2.28. The lowest BCUT2D eigenvalue weighted by Gasteiger charge is -2.27. The fourth-order valence-electron chi connectivity index (χ4n) is 3.95. The molecule has 0 bridgehead atoms. The van der Waals surface area contributed by atoms with Crippen molar-refractivity contribution in [2.75, 3.05) is 6.54 Å². The second-order valence-electron chi connectivity index (χ2n) is 7.62. The number of rotatable bonds is 4. The minimum absolute atomic E-state index is 0.0572. The highest BCUT2D eigenvalue weighted by atomic mass is 32.2. The van der Waals surface area contributed by atoms with Gasteiger partial charge in [0.25, 0.3) is 0 Å². The summed E-state index contributed by atoms with van der Waals surface area (Å²) in [4.78, 5) is 14.7. The van der Waals surface area contributed by atoms with Crippen LogP contribution >= 0.6 is 23.5 Å². The monoisotopic (exact) mass is 417 g/mol. The Kier molecular flexibility index (Phi) is 5.10. The number of hydrogen-bond donors (Lipinski definition) is 0. The van der Waals surface area contributed by atoms with Crippen molar-refractivity contribution in [3.8, 4) is 0 Å². The fourth-order valence-corrected chi connectivity index (χ4v) is 5.86. The SMILES string of the molecule is Cc1ccc(Sc2ccc([C@@H]3[C@H](c4ccccn4)N=C4S[C@@H](C)CN43)cc2)cc1. The Morgan fingerprint density at radius 3 is 2.38 bits per heavy atom. The van der Waals surface area contributed by atoms with Gasteiger partial charge in [0.2, 0.25) is 0 Å². The van der Waals surface area contributed by atoms with Crippen molar-refractivity contribution in [1.29, 1.82) is 0 Å². The van der Waals surface area contributed by atoms with Crippen molar-refractivity contribution < 1.29 is 0 Å². The maximum Gasteiger partial charge on any atom is 0.160 e. The third kappa shape index (κ3) is 3.81. The van der Waals surface area contributed by atoms with E-state index in [1.165, 1.54) is 20.9 Å². The molecule has 0 unspecified atom stereocenters. The highest BCUT2D eigenvalue weighted by Crippen LogP contribution is 2.47. The van der Waals surface area contributed by atoms with E-state index in [9.17, 15) is 0 Å². The Balaban J connectivity index is 1.42. The number of aromatic nitrogens is 1. The van der Waals surface area contributed by atoms with E-state index in [1.54, 1.807) is 11.8 Å². The summed E-state index contributed by atoms with van der Waals surface area (Å²) in [6.07, 6.45) is 1.87. The molecule has 0 N–H and O–H groups in total. The molecule has 0 radical (unpaired) electrons. The first kappa shape index (κ1) is 18.8. The van der Waals surface area contributed by atoms with Crippen LogP contribution in [-0.2, 0) is 0 Å². The predicted molar refractivity (Wildman–Crippen MR) is 123 cm³/mol. The maximum atomic E-state index is 5.06. The largest absolute Gasteiger partial charge is 0.341 e. The number of aryl methyl sites for hydroxylation is 1. The number of benzene rings is 2. The summed E-state index contributed by atoms with van der Waals surface area (Å²) in [7, 11) is 0. The van der Waals surface area contributed by atoms with Gasteiger partial charge in [0.15, 0.2) is 5.17 Å². The van der Waals surface area contributed by atoms with Crippen LogP contribution in [0.4, 0.5) is 0 Å². The highest BCUT2D eigenvalue weighted by molar-refractivity contribution is 8.14. The number of aliphatic imine (C=N–C) groups is 1. The van der Waals surface area contributed by atoms with E-state index in [-0.39, 0.29) is 12.1 Å². The lowest BCUT2D eigenvalue weighted by atomic mass is 9.96. The molecule has 1 saturated heterocycles. The zero-order valence-corrected chi connectivity index (χ0v) is 18.2. The molecule has 3 aromatic rings. The van der Waals surface area contributed by atoms with E-state index >= 15 is 0 Å². The summed E-state index contributed by atoms with van der Waals surface area (Å²) in [5, 5.41) is 1.74. The summed E-state index contributed by atoms with van der Waals surface area (Å²) in [5.41, 5.74) is 3.65. The van der Waals surface area contributed by atoms with E-state index in [1.807, 2.05) is 24.0 Å². The van der Waals surface area contributed by atoms with E-state index in [2.05, 4.69) is 84.4 Å². The Hall–Kier alpha value is -2.24. The van der Waals surface area contributed by atoms with Crippen LogP contribution in [0.2, 0.25) is 0 Å². The molecule has 2 aliphatic rings. The lowest BCUT2D eigenvalue weighted by molar-refractivity contribution is 0.321. The minimum atomic E-state index is 0.0572. The van der Waals surface area contributed by atoms with Crippen molar-refractivity contribution in [3.05, 3.63) is 89.7 Å². The fraction of sp³-hybridized carbons (Fsp3) is 0.250. The quantitative estimate of drug-likeness (QED) is 0.510. The smallest absolute Gasteiger partial charge is 0.160 e. The van der Waals surface area contributed by atoms with E-state index < -0.39 is 0 Å². The van der Waals surface area contributed by atoms with Crippen molar-refractivity contribution in [1.82, 2.24) is 9.88 Å². The molecule has 0 amide bonds. The van der Waals surface area contributed by atoms with Crippen LogP contribution < -0.4 is 0 Å². The normalized spacial score (nSPS) is 23.2. The third-order valence-corrected chi connectivity index (χ3v) is 7.48. The van der Waals surface area contributed by atoms with Gasteiger partial charge in [0, 0.05) is 27.8 Å². The van der Waals surface area contributed by atoms with Gasteiger partial charge in [-0.3, -0.25) is 9.98 Å². The Morgan fingerprint density at radius 2 is 1.69 bits per heavy atom. The molecule has 29 heavy (non-hydrogen) atoms. The van der Waals surface area contributed by atoms with E-state index in [0.717, 1.165) is 17.4 Å². The van der Waals surface area contributed by atoms with Crippen molar-refractivity contribution in [3.63, 3.8) is 0 Å². The minimum Gasteiger partial charge on any atom is -0.341 e. The van der Waals surface area contributed by atoms with Crippen LogP contribution in [0.5, 0.6) is 0 Å². The van der Waals surface area contributed by atoms with Crippen LogP contribution in [0.25, 0.3) is 0 Å². The molecule has 1 fully saturated rings. The number of nitrogens with zero attached hydrogens (tertiary/aromatic N) is 3. The molecule has 3 heterocycles. The first-order valence-corrected chi connectivity index (χ1v) is 11.6. The van der Waals surface area contributed by atoms with Crippen LogP contribution in [0.3, 0.4) is 0 Å². The van der Waals surface area contributed by atoms with E-state index in [0.29, 0.717) is 5.25 Å². The first-order chi connectivity index (χ1) is 14.2. The summed E-state index contributed by atoms with van der Waals surface area (Å²) in [5.74, 6) is 0. The predicted octanol–water partition coefficient (Wildman–Crippen LogP) is 6.13. The number of amidine groups is 1. The van der Waals surface area contributed by atoms with Crippen LogP contribution in [0.1, 0.15) is 35.8 Å². The summed E-state index contributed by atoms with van der Waals surface area (Å²) < 4.78 is 0. The van der Waals surface area contributed by atoms with E-state index in [4.69, 9.17) is 4.99 Å². The molecular formula is C24H23N3S2. The highest BCUT2D eigenvalue weighted by Gasteiger charge is 2.43. The number of pyridine rings is 1. The third-order valence-electron chi connectivity index (χ3n) is 5.36. The van der Waals surface area contributed by atoms with Crippen molar-refractivity contribution in [2.24, 2.45) is 4.99 Å². The zero-order valence-electron chi connectivity index (χ0n) is 16.5. The van der Waals surface area contributed by atoms with Crippen LogP contribution in [0.15, 0.2) is 87.7 Å². The first-order valence-electron chi connectivity index (χ1n) is 9.94. The molecule has 0 aliphatic carbocycles. The van der Waals surface area contributed by atoms with Gasteiger partial charge in [-0.25, -0.2) is 0 Å². The summed E-state index contributed by atoms with van der Waals surface area (Å²) >= 11 is 3.69. The maximum absolute atomic E-state index is 5.06. The Bertz CT molecular complexity index is 1020. The van der Waals surface area contributed by atoms with Gasteiger partial charge in [-0.1, -0.05) is 66.3 Å². The molecule has 2 aliphatic heterocycles. The van der Waals surface area contributed by atoms with Gasteiger partial charge in [-0.15, -0.1) is 0 Å². The molecular weight excluding hydrogens is 394 g/mol. The molecule has 2 aromatic carbocycles. The van der Waals surface area contributed by atoms with Gasteiger partial charge in [-0.2, -0.15) is 0 Å². The Morgan fingerprint density at radius 1 is 0.966 bits per heavy atom. The Labute approximate surface area is 180 Å². The number of thioether (sulfide) groups is 1. The average molecular weight is 418 g/mol. The van der Waals surface area contributed by atoms with Gasteiger partial charge in [-0.05, 0) is 48.9 Å². The summed E-state index contributed by atoms with van der Waals surface area (Å²) in [6.45, 7) is 5.44. The van der Waals surface area contributed by atoms with Gasteiger partial charge in [0.05, 0.1) is 11.7 Å². The standard InChI is InChI=1S/C24H23N3S2/c1-16-6-10-19(11-7-16)29-20-12-8-18(9-13-20)23-22(21-5-3-4-14-25-21)26-24-27(23)15-17(2)28-24/h3-14,17,22-23H,15H2,1-2H3/t17-,22-,23+/m0/s1. The van der Waals surface area contributed by atoms with Crippen molar-refractivity contribution >= 4 is 28.7 Å². The summed E-state index contributed by atoms with van der Waals surface area (Å²) in [6, 6.07) is 24.1. The number of hydrogen-bond acceptors (Lipinski definition) is 5. The van der Waals surface area contributed by atoms with Crippen LogP contribution in [0, 0.1) is 6.92 Å². The van der Waals surface area contributed by atoms with Gasteiger partial charge >= 0.3 is 0 Å². The molecule has 0 saturated carbocycles. The van der Waals surface area contributed by atoms with Crippen LogP contribution in [-0.4, -0.2) is 26.8 Å². The second-order valence-corrected chi connectivity index (χ2v) is 10.2. The number of fused-ring (bicyclic) bond motifs is 1. The second kappa shape index (κ2) is 7.88. The molecule has 5 heteroatoms. The van der Waals surface area contributed by atoms with Gasteiger partial charge in [0.1, 0.15) is 6.04 Å². The molecule has 5 rings (SSSR count).